The number of nitro groups is 1. The third-order valence-corrected chi connectivity index (χ3v) is 3.75. The first-order valence-electron chi connectivity index (χ1n) is 7.06. The van der Waals surface area contributed by atoms with Crippen molar-refractivity contribution in [2.24, 2.45) is 0 Å². The van der Waals surface area contributed by atoms with E-state index in [9.17, 15) is 19.6 Å². The first-order chi connectivity index (χ1) is 11.5. The molecule has 1 unspecified atom stereocenters. The van der Waals surface area contributed by atoms with Crippen molar-refractivity contribution < 1.29 is 19.2 Å². The van der Waals surface area contributed by atoms with E-state index in [4.69, 9.17) is 4.74 Å². The Balaban J connectivity index is 2.16. The zero-order valence-corrected chi connectivity index (χ0v) is 12.6. The third-order valence-electron chi connectivity index (χ3n) is 3.75. The summed E-state index contributed by atoms with van der Waals surface area (Å²) in [5.74, 6) is -0.628. The summed E-state index contributed by atoms with van der Waals surface area (Å²) in [4.78, 5) is 14.9. The van der Waals surface area contributed by atoms with E-state index in [1.54, 1.807) is 18.2 Å². The van der Waals surface area contributed by atoms with Crippen LogP contribution in [0.2, 0.25) is 0 Å². The van der Waals surface area contributed by atoms with Crippen molar-refractivity contribution in [1.29, 1.82) is 0 Å². The topological polar surface area (TPSA) is 85.5 Å². The number of nitrogens with zero attached hydrogens (tertiary/aromatic N) is 2. The molecule has 2 aromatic carbocycles. The molecule has 0 saturated heterocycles. The van der Waals surface area contributed by atoms with E-state index in [0.29, 0.717) is 5.39 Å². The Hall–Kier alpha value is -3.06. The molecule has 0 bridgehead atoms. The predicted molar refractivity (Wildman–Crippen MR) is 85.4 cm³/mol. The van der Waals surface area contributed by atoms with Crippen LogP contribution in [0.3, 0.4) is 0 Å². The normalized spacial score (nSPS) is 12.1. The van der Waals surface area contributed by atoms with Crippen LogP contribution in [0.1, 0.15) is 17.2 Å². The number of rotatable bonds is 4. The van der Waals surface area contributed by atoms with E-state index in [-0.39, 0.29) is 28.1 Å². The van der Waals surface area contributed by atoms with Gasteiger partial charge in [-0.1, -0.05) is 18.2 Å². The lowest BCUT2D eigenvalue weighted by Crippen LogP contribution is -2.06. The van der Waals surface area contributed by atoms with E-state index in [2.05, 4.69) is 4.98 Å². The van der Waals surface area contributed by atoms with Crippen LogP contribution in [0.15, 0.2) is 48.7 Å². The highest BCUT2D eigenvalue weighted by atomic mass is 19.1. The summed E-state index contributed by atoms with van der Waals surface area (Å²) in [5, 5.41) is 22.6. The summed E-state index contributed by atoms with van der Waals surface area (Å²) in [5.41, 5.74) is 0.118. The summed E-state index contributed by atoms with van der Waals surface area (Å²) in [6.45, 7) is 0. The van der Waals surface area contributed by atoms with Gasteiger partial charge in [0.1, 0.15) is 11.6 Å². The molecule has 3 aromatic rings. The van der Waals surface area contributed by atoms with Gasteiger partial charge >= 0.3 is 5.69 Å². The van der Waals surface area contributed by atoms with Crippen LogP contribution in [0, 0.1) is 15.9 Å². The molecule has 24 heavy (non-hydrogen) atoms. The summed E-state index contributed by atoms with van der Waals surface area (Å²) in [6, 6.07) is 10.4. The number of hydrogen-bond donors (Lipinski definition) is 1. The molecular weight excluding hydrogens is 315 g/mol. The molecule has 0 amide bonds. The number of ether oxygens (including phenoxy) is 1. The highest BCUT2D eigenvalue weighted by molar-refractivity contribution is 5.88. The van der Waals surface area contributed by atoms with Crippen LogP contribution in [0.4, 0.5) is 10.1 Å². The number of pyridine rings is 1. The maximum atomic E-state index is 13.9. The van der Waals surface area contributed by atoms with Gasteiger partial charge in [0.2, 0.25) is 0 Å². The van der Waals surface area contributed by atoms with Gasteiger partial charge in [0.05, 0.1) is 17.6 Å². The Morgan fingerprint density at radius 1 is 1.29 bits per heavy atom. The average Bonchev–Trinajstić information content (AvgIpc) is 2.59. The van der Waals surface area contributed by atoms with Crippen molar-refractivity contribution in [1.82, 2.24) is 4.98 Å². The molecule has 7 heteroatoms. The standard InChI is InChI=1S/C17H13FN2O4/c1-24-14-7-5-11(9-13(14)18)17(21)12-6-4-10-3-2-8-19-15(10)16(12)20(22)23/h2-9,17,21H,1H3. The fraction of sp³-hybridized carbons (Fsp3) is 0.118. The van der Waals surface area contributed by atoms with Crippen LogP contribution < -0.4 is 4.74 Å². The number of aromatic nitrogens is 1. The summed E-state index contributed by atoms with van der Waals surface area (Å²) < 4.78 is 18.7. The molecule has 0 aliphatic rings. The van der Waals surface area contributed by atoms with Crippen molar-refractivity contribution in [3.8, 4) is 5.75 Å². The number of nitro benzene ring substituents is 1. The quantitative estimate of drug-likeness (QED) is 0.586. The van der Waals surface area contributed by atoms with Gasteiger partial charge in [-0.15, -0.1) is 0 Å². The molecule has 1 aromatic heterocycles. The van der Waals surface area contributed by atoms with Gasteiger partial charge in [0.25, 0.3) is 0 Å². The first kappa shape index (κ1) is 15.8. The minimum Gasteiger partial charge on any atom is -0.494 e. The molecule has 0 radical (unpaired) electrons. The fourth-order valence-corrected chi connectivity index (χ4v) is 2.59. The number of aliphatic hydroxyl groups excluding tert-OH is 1. The predicted octanol–water partition coefficient (Wildman–Crippen LogP) is 3.37. The van der Waals surface area contributed by atoms with E-state index in [1.165, 1.54) is 31.5 Å². The molecule has 1 N–H and O–H groups in total. The maximum absolute atomic E-state index is 13.9. The van der Waals surface area contributed by atoms with Crippen molar-refractivity contribution in [2.75, 3.05) is 7.11 Å². The molecule has 0 fully saturated rings. The molecule has 0 aliphatic heterocycles. The largest absolute Gasteiger partial charge is 0.494 e. The second-order valence-corrected chi connectivity index (χ2v) is 5.13. The van der Waals surface area contributed by atoms with Gasteiger partial charge in [-0.2, -0.15) is 0 Å². The molecule has 122 valence electrons. The van der Waals surface area contributed by atoms with E-state index in [0.717, 1.165) is 6.07 Å². The highest BCUT2D eigenvalue weighted by Crippen LogP contribution is 2.35. The van der Waals surface area contributed by atoms with Crippen LogP contribution in [0.5, 0.6) is 5.75 Å². The van der Waals surface area contributed by atoms with Gasteiger partial charge in [0.15, 0.2) is 11.6 Å². The van der Waals surface area contributed by atoms with Crippen molar-refractivity contribution in [3.05, 3.63) is 75.7 Å². The molecule has 6 nitrogen and oxygen atoms in total. The smallest absolute Gasteiger partial charge is 0.301 e. The number of methoxy groups -OCH3 is 1. The summed E-state index contributed by atoms with van der Waals surface area (Å²) in [7, 11) is 1.33. The second kappa shape index (κ2) is 6.21. The molecule has 3 rings (SSSR count). The van der Waals surface area contributed by atoms with E-state index >= 15 is 0 Å². The number of halogens is 1. The van der Waals surface area contributed by atoms with Gasteiger partial charge < -0.3 is 9.84 Å². The van der Waals surface area contributed by atoms with Crippen LogP contribution in [0.25, 0.3) is 10.9 Å². The van der Waals surface area contributed by atoms with Crippen LogP contribution >= 0.6 is 0 Å². The molecule has 0 aliphatic carbocycles. The molecule has 0 saturated carbocycles. The number of hydrogen-bond acceptors (Lipinski definition) is 5. The molecule has 1 heterocycles. The van der Waals surface area contributed by atoms with Crippen molar-refractivity contribution in [3.63, 3.8) is 0 Å². The van der Waals surface area contributed by atoms with Gasteiger partial charge in [0, 0.05) is 11.6 Å². The first-order valence-corrected chi connectivity index (χ1v) is 7.06. The fourth-order valence-electron chi connectivity index (χ4n) is 2.59. The van der Waals surface area contributed by atoms with E-state index < -0.39 is 16.8 Å². The lowest BCUT2D eigenvalue weighted by atomic mass is 9.98. The monoisotopic (exact) mass is 328 g/mol. The minimum absolute atomic E-state index is 0.0284. The van der Waals surface area contributed by atoms with Crippen LogP contribution in [-0.4, -0.2) is 22.1 Å². The molecule has 0 spiro atoms. The van der Waals surface area contributed by atoms with Crippen molar-refractivity contribution in [2.45, 2.75) is 6.10 Å². The van der Waals surface area contributed by atoms with Gasteiger partial charge in [-0.25, -0.2) is 9.37 Å². The highest BCUT2D eigenvalue weighted by Gasteiger charge is 2.26. The second-order valence-electron chi connectivity index (χ2n) is 5.13. The Kier molecular flexibility index (Phi) is 4.09. The lowest BCUT2D eigenvalue weighted by molar-refractivity contribution is -0.384. The number of aliphatic hydroxyl groups is 1. The molecule has 1 atom stereocenters. The Morgan fingerprint density at radius 2 is 2.08 bits per heavy atom. The Morgan fingerprint density at radius 3 is 2.75 bits per heavy atom. The zero-order chi connectivity index (χ0) is 17.3. The van der Waals surface area contributed by atoms with Crippen molar-refractivity contribution >= 4 is 16.6 Å². The van der Waals surface area contributed by atoms with Crippen LogP contribution in [-0.2, 0) is 0 Å². The maximum Gasteiger partial charge on any atom is 0.301 e. The Bertz CT molecular complexity index is 930. The lowest BCUT2D eigenvalue weighted by Gasteiger charge is -2.14. The summed E-state index contributed by atoms with van der Waals surface area (Å²) in [6.07, 6.45) is 0.0793. The number of fused-ring (bicyclic) bond motifs is 1. The van der Waals surface area contributed by atoms with Gasteiger partial charge in [-0.05, 0) is 29.8 Å². The SMILES string of the molecule is COc1ccc(C(O)c2ccc3cccnc3c2[N+](=O)[O-])cc1F. The van der Waals surface area contributed by atoms with Gasteiger partial charge in [-0.3, -0.25) is 10.1 Å². The zero-order valence-electron chi connectivity index (χ0n) is 12.6. The number of benzene rings is 2. The summed E-state index contributed by atoms with van der Waals surface area (Å²) >= 11 is 0. The molecular formula is C17H13FN2O4. The van der Waals surface area contributed by atoms with E-state index in [1.807, 2.05) is 0 Å². The Labute approximate surface area is 136 Å². The third kappa shape index (κ3) is 2.65. The minimum atomic E-state index is -1.36. The average molecular weight is 328 g/mol.